The molecular formula is C26H25NO3. The van der Waals surface area contributed by atoms with Crippen LogP contribution in [0.4, 0.5) is 0 Å². The van der Waals surface area contributed by atoms with Gasteiger partial charge in [0.1, 0.15) is 23.9 Å². The molecule has 2 N–H and O–H groups in total. The number of nitrogens with two attached hydrogens (primary N) is 1. The van der Waals surface area contributed by atoms with Crippen molar-refractivity contribution in [3.8, 4) is 39.5 Å². The van der Waals surface area contributed by atoms with Gasteiger partial charge in [-0.05, 0) is 69.4 Å². The van der Waals surface area contributed by atoms with Crippen molar-refractivity contribution in [2.24, 2.45) is 5.73 Å². The minimum Gasteiger partial charge on any atom is -0.497 e. The number of hydrogen-bond donors (Lipinski definition) is 1. The van der Waals surface area contributed by atoms with Crippen LogP contribution < -0.4 is 19.9 Å². The monoisotopic (exact) mass is 399 g/mol. The maximum Gasteiger partial charge on any atom is 0.119 e. The lowest BCUT2D eigenvalue weighted by molar-refractivity contribution is 0.328. The smallest absolute Gasteiger partial charge is 0.119 e. The zero-order valence-corrected chi connectivity index (χ0v) is 17.2. The van der Waals surface area contributed by atoms with Crippen molar-refractivity contribution in [1.82, 2.24) is 0 Å². The zero-order valence-electron chi connectivity index (χ0n) is 17.2. The highest BCUT2D eigenvalue weighted by molar-refractivity contribution is 6.04. The molecule has 0 atom stereocenters. The zero-order chi connectivity index (χ0) is 20.9. The Bertz CT molecular complexity index is 1140. The SMILES string of the molecule is COc1ccc(-c2ccc3cc(OC)ccc3c2-c2ccc(OCCN)cc2)cc1. The van der Waals surface area contributed by atoms with Crippen LogP contribution in [0, 0.1) is 0 Å². The third-order valence-corrected chi connectivity index (χ3v) is 5.16. The second kappa shape index (κ2) is 8.89. The van der Waals surface area contributed by atoms with E-state index >= 15 is 0 Å². The number of fused-ring (bicyclic) bond motifs is 1. The molecule has 0 radical (unpaired) electrons. The molecule has 0 spiro atoms. The summed E-state index contributed by atoms with van der Waals surface area (Å²) in [5.74, 6) is 2.50. The van der Waals surface area contributed by atoms with Crippen molar-refractivity contribution in [2.75, 3.05) is 27.4 Å². The number of benzene rings is 4. The molecule has 30 heavy (non-hydrogen) atoms. The van der Waals surface area contributed by atoms with E-state index in [9.17, 15) is 0 Å². The molecule has 0 heterocycles. The molecule has 4 aromatic carbocycles. The molecule has 0 aliphatic rings. The summed E-state index contributed by atoms with van der Waals surface area (Å²) in [5.41, 5.74) is 10.1. The molecule has 0 unspecified atom stereocenters. The van der Waals surface area contributed by atoms with Crippen LogP contribution in [0.3, 0.4) is 0 Å². The Morgan fingerprint density at radius 3 is 1.97 bits per heavy atom. The lowest BCUT2D eigenvalue weighted by Crippen LogP contribution is -2.10. The maximum atomic E-state index is 5.65. The molecule has 4 aromatic rings. The predicted octanol–water partition coefficient (Wildman–Crippen LogP) is 5.53. The maximum absolute atomic E-state index is 5.65. The average Bonchev–Trinajstić information content (AvgIpc) is 2.82. The van der Waals surface area contributed by atoms with Crippen molar-refractivity contribution < 1.29 is 14.2 Å². The van der Waals surface area contributed by atoms with Crippen molar-refractivity contribution in [2.45, 2.75) is 0 Å². The van der Waals surface area contributed by atoms with Crippen LogP contribution in [-0.4, -0.2) is 27.4 Å². The third kappa shape index (κ3) is 3.95. The first-order chi connectivity index (χ1) is 14.7. The van der Waals surface area contributed by atoms with Crippen molar-refractivity contribution in [3.63, 3.8) is 0 Å². The highest BCUT2D eigenvalue weighted by Crippen LogP contribution is 2.40. The lowest BCUT2D eigenvalue weighted by Gasteiger charge is -2.16. The summed E-state index contributed by atoms with van der Waals surface area (Å²) in [6.45, 7) is 0.999. The molecule has 0 saturated carbocycles. The van der Waals surface area contributed by atoms with E-state index in [2.05, 4.69) is 48.5 Å². The first kappa shape index (κ1) is 19.8. The summed E-state index contributed by atoms with van der Waals surface area (Å²) in [6, 6.07) is 26.8. The first-order valence-electron chi connectivity index (χ1n) is 9.92. The summed E-state index contributed by atoms with van der Waals surface area (Å²) in [7, 11) is 3.37. The van der Waals surface area contributed by atoms with Gasteiger partial charge in [-0.25, -0.2) is 0 Å². The van der Waals surface area contributed by atoms with Crippen LogP contribution in [0.2, 0.25) is 0 Å². The Kier molecular flexibility index (Phi) is 5.87. The van der Waals surface area contributed by atoms with E-state index in [1.54, 1.807) is 14.2 Å². The molecule has 4 rings (SSSR count). The largest absolute Gasteiger partial charge is 0.497 e. The Morgan fingerprint density at radius 1 is 0.667 bits per heavy atom. The standard InChI is InChI=1S/C26H25NO3/c1-28-21-8-3-18(4-9-21)24-13-7-20-17-23(29-2)12-14-25(20)26(24)19-5-10-22(11-6-19)30-16-15-27/h3-14,17H,15-16,27H2,1-2H3. The third-order valence-electron chi connectivity index (χ3n) is 5.16. The number of methoxy groups -OCH3 is 2. The molecule has 0 aliphatic carbocycles. The molecule has 4 nitrogen and oxygen atoms in total. The second-order valence-corrected chi connectivity index (χ2v) is 6.97. The van der Waals surface area contributed by atoms with E-state index < -0.39 is 0 Å². The molecule has 0 bridgehead atoms. The molecule has 0 saturated heterocycles. The Morgan fingerprint density at radius 2 is 1.30 bits per heavy atom. The molecule has 0 fully saturated rings. The Balaban J connectivity index is 1.88. The van der Waals surface area contributed by atoms with Gasteiger partial charge < -0.3 is 19.9 Å². The van der Waals surface area contributed by atoms with Gasteiger partial charge in [-0.3, -0.25) is 0 Å². The topological polar surface area (TPSA) is 53.7 Å². The van der Waals surface area contributed by atoms with Gasteiger partial charge in [0, 0.05) is 6.54 Å². The highest BCUT2D eigenvalue weighted by atomic mass is 16.5. The van der Waals surface area contributed by atoms with Crippen LogP contribution in [0.1, 0.15) is 0 Å². The summed E-state index contributed by atoms with van der Waals surface area (Å²) < 4.78 is 16.4. The van der Waals surface area contributed by atoms with Gasteiger partial charge in [-0.2, -0.15) is 0 Å². The van der Waals surface area contributed by atoms with E-state index in [1.807, 2.05) is 30.3 Å². The van der Waals surface area contributed by atoms with Crippen LogP contribution in [0.5, 0.6) is 17.2 Å². The number of rotatable bonds is 7. The summed E-state index contributed by atoms with van der Waals surface area (Å²) in [4.78, 5) is 0. The van der Waals surface area contributed by atoms with Crippen molar-refractivity contribution in [1.29, 1.82) is 0 Å². The number of ether oxygens (including phenoxy) is 3. The highest BCUT2D eigenvalue weighted by Gasteiger charge is 2.13. The minimum atomic E-state index is 0.495. The average molecular weight is 399 g/mol. The Hall–Kier alpha value is -3.50. The van der Waals surface area contributed by atoms with Crippen LogP contribution in [-0.2, 0) is 0 Å². The van der Waals surface area contributed by atoms with E-state index in [0.717, 1.165) is 39.3 Å². The fourth-order valence-corrected chi connectivity index (χ4v) is 3.65. The fraction of sp³-hybridized carbons (Fsp3) is 0.154. The minimum absolute atomic E-state index is 0.495. The van der Waals surface area contributed by atoms with Gasteiger partial charge in [-0.15, -0.1) is 0 Å². The van der Waals surface area contributed by atoms with E-state index in [1.165, 1.54) is 10.9 Å². The van der Waals surface area contributed by atoms with Crippen LogP contribution in [0.25, 0.3) is 33.0 Å². The van der Waals surface area contributed by atoms with Gasteiger partial charge >= 0.3 is 0 Å². The predicted molar refractivity (Wildman–Crippen MR) is 122 cm³/mol. The molecular weight excluding hydrogens is 374 g/mol. The fourth-order valence-electron chi connectivity index (χ4n) is 3.65. The van der Waals surface area contributed by atoms with Crippen molar-refractivity contribution in [3.05, 3.63) is 78.9 Å². The van der Waals surface area contributed by atoms with E-state index in [4.69, 9.17) is 19.9 Å². The van der Waals surface area contributed by atoms with E-state index in [-0.39, 0.29) is 0 Å². The van der Waals surface area contributed by atoms with Gasteiger partial charge in [0.15, 0.2) is 0 Å². The summed E-state index contributed by atoms with van der Waals surface area (Å²) >= 11 is 0. The quantitative estimate of drug-likeness (QED) is 0.444. The Labute approximate surface area is 176 Å². The molecule has 0 aromatic heterocycles. The summed E-state index contributed by atoms with van der Waals surface area (Å²) in [6.07, 6.45) is 0. The normalized spacial score (nSPS) is 10.8. The van der Waals surface area contributed by atoms with E-state index in [0.29, 0.717) is 13.2 Å². The molecule has 4 heteroatoms. The molecule has 0 amide bonds. The second-order valence-electron chi connectivity index (χ2n) is 6.97. The number of hydrogen-bond acceptors (Lipinski definition) is 4. The van der Waals surface area contributed by atoms with Gasteiger partial charge in [-0.1, -0.05) is 42.5 Å². The summed E-state index contributed by atoms with van der Waals surface area (Å²) in [5, 5.41) is 2.30. The molecule has 152 valence electrons. The van der Waals surface area contributed by atoms with Crippen LogP contribution in [0.15, 0.2) is 78.9 Å². The van der Waals surface area contributed by atoms with Crippen LogP contribution >= 0.6 is 0 Å². The van der Waals surface area contributed by atoms with Crippen molar-refractivity contribution >= 4 is 10.8 Å². The first-order valence-corrected chi connectivity index (χ1v) is 9.92. The van der Waals surface area contributed by atoms with Gasteiger partial charge in [0.25, 0.3) is 0 Å². The van der Waals surface area contributed by atoms with Gasteiger partial charge in [0.05, 0.1) is 14.2 Å². The lowest BCUT2D eigenvalue weighted by atomic mass is 9.89. The van der Waals surface area contributed by atoms with Gasteiger partial charge in [0.2, 0.25) is 0 Å². The molecule has 0 aliphatic heterocycles.